The van der Waals surface area contributed by atoms with Crippen molar-refractivity contribution in [3.63, 3.8) is 0 Å². The predicted molar refractivity (Wildman–Crippen MR) is 124 cm³/mol. The molecule has 3 rings (SSSR count). The topological polar surface area (TPSA) is 120 Å². The molecule has 11 heteroatoms. The van der Waals surface area contributed by atoms with Crippen LogP contribution < -0.4 is 19.5 Å². The molecule has 1 saturated heterocycles. The number of rotatable bonds is 9. The highest BCUT2D eigenvalue weighted by Crippen LogP contribution is 2.35. The number of hydrogen-bond acceptors (Lipinski definition) is 8. The summed E-state index contributed by atoms with van der Waals surface area (Å²) < 4.78 is 48.7. The van der Waals surface area contributed by atoms with E-state index in [0.29, 0.717) is 13.1 Å². The highest BCUT2D eigenvalue weighted by Gasteiger charge is 2.31. The number of amides is 1. The number of ether oxygens (including phenoxy) is 4. The van der Waals surface area contributed by atoms with E-state index in [4.69, 9.17) is 18.9 Å². The number of nitrogens with one attached hydrogen (secondary N) is 1. The summed E-state index contributed by atoms with van der Waals surface area (Å²) in [6, 6.07) is 7.02. The van der Waals surface area contributed by atoms with Gasteiger partial charge < -0.3 is 24.3 Å². The zero-order valence-electron chi connectivity index (χ0n) is 19.5. The van der Waals surface area contributed by atoms with Crippen molar-refractivity contribution in [1.29, 1.82) is 0 Å². The summed E-state index contributed by atoms with van der Waals surface area (Å²) in [6.45, 7) is 2.84. The van der Waals surface area contributed by atoms with E-state index < -0.39 is 21.9 Å². The average Bonchev–Trinajstić information content (AvgIpc) is 3.39. The Hall–Kier alpha value is -3.31. The highest BCUT2D eigenvalue weighted by molar-refractivity contribution is 7.89. The minimum absolute atomic E-state index is 0.0457. The molecule has 0 unspecified atom stereocenters. The molecule has 0 aliphatic carbocycles. The van der Waals surface area contributed by atoms with Gasteiger partial charge in [-0.2, -0.15) is 4.31 Å². The Balaban J connectivity index is 2.02. The third-order valence-electron chi connectivity index (χ3n) is 5.37. The Morgan fingerprint density at radius 1 is 0.971 bits per heavy atom. The van der Waals surface area contributed by atoms with Crippen LogP contribution in [-0.2, 0) is 14.8 Å². The van der Waals surface area contributed by atoms with Gasteiger partial charge in [-0.15, -0.1) is 0 Å². The van der Waals surface area contributed by atoms with Crippen molar-refractivity contribution >= 4 is 27.6 Å². The van der Waals surface area contributed by atoms with Gasteiger partial charge in [0.05, 0.1) is 39.2 Å². The van der Waals surface area contributed by atoms with Gasteiger partial charge in [-0.25, -0.2) is 13.2 Å². The number of carbonyl (C=O) groups is 2. The molecule has 184 valence electrons. The quantitative estimate of drug-likeness (QED) is 0.531. The van der Waals surface area contributed by atoms with E-state index in [1.165, 1.54) is 56.0 Å². The average molecular weight is 493 g/mol. The molecule has 1 amide bonds. The second kappa shape index (κ2) is 10.7. The largest absolute Gasteiger partial charge is 0.493 e. The van der Waals surface area contributed by atoms with Crippen LogP contribution in [-0.4, -0.2) is 65.6 Å². The lowest BCUT2D eigenvalue weighted by atomic mass is 10.1. The first kappa shape index (κ1) is 25.3. The van der Waals surface area contributed by atoms with Crippen LogP contribution in [0, 0.1) is 0 Å². The SMILES string of the molecule is CCOc1ccc(C(=O)Nc2cc(OC)c(OC)cc2C(=O)OC)cc1S(=O)(=O)N1CCCC1. The van der Waals surface area contributed by atoms with Crippen LogP contribution in [0.3, 0.4) is 0 Å². The van der Waals surface area contributed by atoms with Crippen LogP contribution in [0.25, 0.3) is 0 Å². The third-order valence-corrected chi connectivity index (χ3v) is 7.29. The summed E-state index contributed by atoms with van der Waals surface area (Å²) in [6.07, 6.45) is 1.55. The smallest absolute Gasteiger partial charge is 0.340 e. The lowest BCUT2D eigenvalue weighted by Gasteiger charge is -2.19. The predicted octanol–water partition coefficient (Wildman–Crippen LogP) is 2.93. The number of hydrogen-bond donors (Lipinski definition) is 1. The summed E-state index contributed by atoms with van der Waals surface area (Å²) in [5.41, 5.74) is 0.239. The fourth-order valence-corrected chi connectivity index (χ4v) is 5.32. The van der Waals surface area contributed by atoms with Crippen molar-refractivity contribution < 1.29 is 37.0 Å². The van der Waals surface area contributed by atoms with E-state index >= 15 is 0 Å². The molecular formula is C23H28N2O8S. The normalized spacial score (nSPS) is 13.9. The minimum atomic E-state index is -3.85. The Morgan fingerprint density at radius 2 is 1.62 bits per heavy atom. The van der Waals surface area contributed by atoms with Gasteiger partial charge in [-0.1, -0.05) is 0 Å². The summed E-state index contributed by atoms with van der Waals surface area (Å²) >= 11 is 0. The first-order chi connectivity index (χ1) is 16.3. The zero-order chi connectivity index (χ0) is 24.9. The molecule has 0 atom stereocenters. The minimum Gasteiger partial charge on any atom is -0.493 e. The van der Waals surface area contributed by atoms with E-state index in [0.717, 1.165) is 12.8 Å². The highest BCUT2D eigenvalue weighted by atomic mass is 32.2. The van der Waals surface area contributed by atoms with Crippen LogP contribution in [0.1, 0.15) is 40.5 Å². The van der Waals surface area contributed by atoms with Gasteiger partial charge in [0.25, 0.3) is 5.91 Å². The molecule has 0 saturated carbocycles. The number of sulfonamides is 1. The van der Waals surface area contributed by atoms with Crippen LogP contribution in [0.2, 0.25) is 0 Å². The second-order valence-electron chi connectivity index (χ2n) is 7.40. The number of anilines is 1. The molecule has 1 aliphatic rings. The summed E-state index contributed by atoms with van der Waals surface area (Å²) in [5.74, 6) is -0.582. The van der Waals surface area contributed by atoms with Crippen molar-refractivity contribution in [3.8, 4) is 17.2 Å². The fraction of sp³-hybridized carbons (Fsp3) is 0.391. The van der Waals surface area contributed by atoms with Gasteiger partial charge in [0.2, 0.25) is 10.0 Å². The molecule has 1 N–H and O–H groups in total. The van der Waals surface area contributed by atoms with Crippen molar-refractivity contribution in [1.82, 2.24) is 4.31 Å². The van der Waals surface area contributed by atoms with Gasteiger partial charge >= 0.3 is 5.97 Å². The molecule has 2 aromatic rings. The molecule has 1 fully saturated rings. The van der Waals surface area contributed by atoms with Crippen molar-refractivity contribution in [2.24, 2.45) is 0 Å². The maximum absolute atomic E-state index is 13.2. The van der Waals surface area contributed by atoms with Crippen LogP contribution >= 0.6 is 0 Å². The first-order valence-electron chi connectivity index (χ1n) is 10.7. The number of methoxy groups -OCH3 is 3. The fourth-order valence-electron chi connectivity index (χ4n) is 3.65. The molecule has 0 spiro atoms. The zero-order valence-corrected chi connectivity index (χ0v) is 20.4. The van der Waals surface area contributed by atoms with E-state index in [-0.39, 0.29) is 45.6 Å². The van der Waals surface area contributed by atoms with Crippen molar-refractivity contribution in [2.75, 3.05) is 46.3 Å². The standard InChI is InChI=1S/C23H28N2O8S/c1-5-33-18-9-8-15(12-21(18)34(28,29)25-10-6-7-11-25)22(26)24-17-14-20(31-3)19(30-2)13-16(17)23(27)32-4/h8-9,12-14H,5-7,10-11H2,1-4H3,(H,24,26). The lowest BCUT2D eigenvalue weighted by molar-refractivity contribution is 0.0601. The van der Waals surface area contributed by atoms with Gasteiger partial charge in [-0.3, -0.25) is 4.79 Å². The number of benzene rings is 2. The first-order valence-corrected chi connectivity index (χ1v) is 12.1. The van der Waals surface area contributed by atoms with E-state index in [1.807, 2.05) is 0 Å². The van der Waals surface area contributed by atoms with Gasteiger partial charge in [0.1, 0.15) is 10.6 Å². The van der Waals surface area contributed by atoms with E-state index in [2.05, 4.69) is 5.32 Å². The molecule has 1 aliphatic heterocycles. The molecule has 0 radical (unpaired) electrons. The monoisotopic (exact) mass is 492 g/mol. The summed E-state index contributed by atoms with van der Waals surface area (Å²) in [7, 11) is 0.203. The van der Waals surface area contributed by atoms with Crippen LogP contribution in [0.5, 0.6) is 17.2 Å². The molecule has 10 nitrogen and oxygen atoms in total. The van der Waals surface area contributed by atoms with Crippen LogP contribution in [0.15, 0.2) is 35.2 Å². The van der Waals surface area contributed by atoms with E-state index in [9.17, 15) is 18.0 Å². The molecule has 2 aromatic carbocycles. The Bertz CT molecular complexity index is 1170. The molecule has 0 aromatic heterocycles. The molecule has 34 heavy (non-hydrogen) atoms. The summed E-state index contributed by atoms with van der Waals surface area (Å²) in [4.78, 5) is 25.3. The van der Waals surface area contributed by atoms with Crippen molar-refractivity contribution in [3.05, 3.63) is 41.5 Å². The molecular weight excluding hydrogens is 464 g/mol. The van der Waals surface area contributed by atoms with Gasteiger partial charge in [-0.05, 0) is 38.0 Å². The van der Waals surface area contributed by atoms with Gasteiger partial charge in [0.15, 0.2) is 11.5 Å². The lowest BCUT2D eigenvalue weighted by Crippen LogP contribution is -2.28. The van der Waals surface area contributed by atoms with Crippen LogP contribution in [0.4, 0.5) is 5.69 Å². The molecule has 0 bridgehead atoms. The van der Waals surface area contributed by atoms with Crippen molar-refractivity contribution in [2.45, 2.75) is 24.7 Å². The number of carbonyl (C=O) groups excluding carboxylic acids is 2. The number of nitrogens with zero attached hydrogens (tertiary/aromatic N) is 1. The summed E-state index contributed by atoms with van der Waals surface area (Å²) in [5, 5.41) is 2.64. The Kier molecular flexibility index (Phi) is 8.00. The Morgan fingerprint density at radius 3 is 2.21 bits per heavy atom. The maximum atomic E-state index is 13.2. The second-order valence-corrected chi connectivity index (χ2v) is 9.31. The molecule has 1 heterocycles. The Labute approximate surface area is 198 Å². The van der Waals surface area contributed by atoms with Gasteiger partial charge in [0, 0.05) is 30.8 Å². The third kappa shape index (κ3) is 5.10. The number of esters is 1. The maximum Gasteiger partial charge on any atom is 0.340 e. The van der Waals surface area contributed by atoms with E-state index in [1.54, 1.807) is 6.92 Å².